The summed E-state index contributed by atoms with van der Waals surface area (Å²) in [6, 6.07) is 2.17. The Balaban J connectivity index is 2.40. The first-order chi connectivity index (χ1) is 7.61. The number of benzene rings is 1. The number of phenolic OH excluding ortho intramolecular Hbond substituents is 1. The van der Waals surface area contributed by atoms with Crippen LogP contribution in [0.4, 0.5) is 0 Å². The van der Waals surface area contributed by atoms with Gasteiger partial charge in [-0.1, -0.05) is 6.07 Å². The van der Waals surface area contributed by atoms with Crippen LogP contribution in [0.3, 0.4) is 0 Å². The number of phenols is 1. The van der Waals surface area contributed by atoms with Crippen LogP contribution in [0.5, 0.6) is 5.75 Å². The van der Waals surface area contributed by atoms with Crippen LogP contribution < -0.4 is 5.32 Å². The molecule has 1 aliphatic rings. The van der Waals surface area contributed by atoms with E-state index in [2.05, 4.69) is 18.3 Å². The summed E-state index contributed by atoms with van der Waals surface area (Å²) in [5.74, 6) is 1.13. The molecule has 2 N–H and O–H groups in total. The Kier molecular flexibility index (Phi) is 3.20. The molecule has 0 aliphatic carbocycles. The monoisotopic (exact) mass is 219 g/mol. The van der Waals surface area contributed by atoms with Gasteiger partial charge in [0, 0.05) is 0 Å². The summed E-state index contributed by atoms with van der Waals surface area (Å²) in [7, 11) is 0. The van der Waals surface area contributed by atoms with Crippen molar-refractivity contribution in [2.45, 2.75) is 39.5 Å². The highest BCUT2D eigenvalue weighted by Crippen LogP contribution is 2.34. The third-order valence-electron chi connectivity index (χ3n) is 3.88. The number of aryl methyl sites for hydroxylation is 1. The lowest BCUT2D eigenvalue weighted by Crippen LogP contribution is -2.27. The SMILES string of the molecule is Cc1cc(C2CCNCC2)c(C)c(C)c1O. The van der Waals surface area contributed by atoms with Gasteiger partial charge in [0.15, 0.2) is 0 Å². The highest BCUT2D eigenvalue weighted by atomic mass is 16.3. The summed E-state index contributed by atoms with van der Waals surface area (Å²) in [6.45, 7) is 8.37. The number of hydrogen-bond donors (Lipinski definition) is 2. The van der Waals surface area contributed by atoms with Crippen LogP contribution in [-0.2, 0) is 0 Å². The number of aromatic hydroxyl groups is 1. The maximum atomic E-state index is 9.90. The van der Waals surface area contributed by atoms with Crippen LogP contribution in [-0.4, -0.2) is 18.2 Å². The molecule has 2 nitrogen and oxygen atoms in total. The van der Waals surface area contributed by atoms with Gasteiger partial charge in [-0.05, 0) is 74.9 Å². The van der Waals surface area contributed by atoms with E-state index in [9.17, 15) is 5.11 Å². The zero-order valence-corrected chi connectivity index (χ0v) is 10.4. The molecule has 2 heteroatoms. The zero-order chi connectivity index (χ0) is 11.7. The van der Waals surface area contributed by atoms with Crippen molar-refractivity contribution in [1.82, 2.24) is 5.32 Å². The standard InChI is InChI=1S/C14H21NO/c1-9-8-13(10(2)11(3)14(9)16)12-4-6-15-7-5-12/h8,12,15-16H,4-7H2,1-3H3. The summed E-state index contributed by atoms with van der Waals surface area (Å²) < 4.78 is 0. The van der Waals surface area contributed by atoms with Crippen LogP contribution in [0.25, 0.3) is 0 Å². The van der Waals surface area contributed by atoms with Gasteiger partial charge in [0.2, 0.25) is 0 Å². The van der Waals surface area contributed by atoms with Crippen LogP contribution in [0, 0.1) is 20.8 Å². The maximum Gasteiger partial charge on any atom is 0.121 e. The van der Waals surface area contributed by atoms with Crippen molar-refractivity contribution in [2.75, 3.05) is 13.1 Å². The summed E-state index contributed by atoms with van der Waals surface area (Å²) in [4.78, 5) is 0. The van der Waals surface area contributed by atoms with E-state index in [0.29, 0.717) is 11.7 Å². The molecule has 0 radical (unpaired) electrons. The molecule has 16 heavy (non-hydrogen) atoms. The van der Waals surface area contributed by atoms with E-state index in [0.717, 1.165) is 24.2 Å². The molecule has 1 aromatic carbocycles. The van der Waals surface area contributed by atoms with Crippen LogP contribution in [0.1, 0.15) is 41.0 Å². The van der Waals surface area contributed by atoms with Crippen molar-refractivity contribution in [3.05, 3.63) is 28.3 Å². The number of nitrogens with one attached hydrogen (secondary N) is 1. The lowest BCUT2D eigenvalue weighted by atomic mass is 9.84. The van der Waals surface area contributed by atoms with Crippen LogP contribution in [0.2, 0.25) is 0 Å². The van der Waals surface area contributed by atoms with Gasteiger partial charge >= 0.3 is 0 Å². The van der Waals surface area contributed by atoms with Crippen LogP contribution >= 0.6 is 0 Å². The number of piperidine rings is 1. The fraction of sp³-hybridized carbons (Fsp3) is 0.571. The van der Waals surface area contributed by atoms with E-state index < -0.39 is 0 Å². The molecule has 0 aromatic heterocycles. The Morgan fingerprint density at radius 3 is 2.38 bits per heavy atom. The lowest BCUT2D eigenvalue weighted by molar-refractivity contribution is 0.451. The Bertz CT molecular complexity index is 392. The van der Waals surface area contributed by atoms with Gasteiger partial charge in [-0.2, -0.15) is 0 Å². The predicted octanol–water partition coefficient (Wildman–Crippen LogP) is 2.78. The largest absolute Gasteiger partial charge is 0.507 e. The normalized spacial score (nSPS) is 17.7. The van der Waals surface area contributed by atoms with E-state index in [1.165, 1.54) is 24.0 Å². The molecule has 1 aromatic rings. The molecule has 0 atom stereocenters. The Morgan fingerprint density at radius 1 is 1.12 bits per heavy atom. The first-order valence-electron chi connectivity index (χ1n) is 6.11. The Labute approximate surface area is 97.7 Å². The van der Waals surface area contributed by atoms with Gasteiger partial charge in [0.05, 0.1) is 0 Å². The smallest absolute Gasteiger partial charge is 0.121 e. The maximum absolute atomic E-state index is 9.90. The molecule has 0 spiro atoms. The molecule has 88 valence electrons. The summed E-state index contributed by atoms with van der Waals surface area (Å²) in [5, 5.41) is 13.3. The minimum atomic E-state index is 0.468. The van der Waals surface area contributed by atoms with Crippen molar-refractivity contribution in [1.29, 1.82) is 0 Å². The van der Waals surface area contributed by atoms with Crippen molar-refractivity contribution in [2.24, 2.45) is 0 Å². The molecule has 2 rings (SSSR count). The molecule has 0 amide bonds. The van der Waals surface area contributed by atoms with Gasteiger partial charge in [-0.25, -0.2) is 0 Å². The average molecular weight is 219 g/mol. The molecule has 0 unspecified atom stereocenters. The van der Waals surface area contributed by atoms with Gasteiger partial charge in [-0.3, -0.25) is 0 Å². The van der Waals surface area contributed by atoms with Gasteiger partial charge in [0.25, 0.3) is 0 Å². The fourth-order valence-electron chi connectivity index (χ4n) is 2.66. The molecule has 0 bridgehead atoms. The lowest BCUT2D eigenvalue weighted by Gasteiger charge is -2.26. The minimum absolute atomic E-state index is 0.468. The molecule has 0 saturated carbocycles. The van der Waals surface area contributed by atoms with E-state index >= 15 is 0 Å². The second kappa shape index (κ2) is 4.46. The molecule has 1 saturated heterocycles. The summed E-state index contributed by atoms with van der Waals surface area (Å²) in [6.07, 6.45) is 2.43. The first-order valence-corrected chi connectivity index (χ1v) is 6.11. The summed E-state index contributed by atoms with van der Waals surface area (Å²) >= 11 is 0. The van der Waals surface area contributed by atoms with E-state index in [1.54, 1.807) is 0 Å². The van der Waals surface area contributed by atoms with Crippen molar-refractivity contribution in [3.63, 3.8) is 0 Å². The molecule has 1 fully saturated rings. The molecule has 1 heterocycles. The second-order valence-corrected chi connectivity index (χ2v) is 4.91. The fourth-order valence-corrected chi connectivity index (χ4v) is 2.66. The third-order valence-corrected chi connectivity index (χ3v) is 3.88. The molecular weight excluding hydrogens is 198 g/mol. The number of hydrogen-bond acceptors (Lipinski definition) is 2. The van der Waals surface area contributed by atoms with E-state index in [-0.39, 0.29) is 0 Å². The highest BCUT2D eigenvalue weighted by Gasteiger charge is 2.19. The topological polar surface area (TPSA) is 32.3 Å². The van der Waals surface area contributed by atoms with Crippen molar-refractivity contribution in [3.8, 4) is 5.75 Å². The first kappa shape index (κ1) is 11.5. The van der Waals surface area contributed by atoms with E-state index in [4.69, 9.17) is 0 Å². The minimum Gasteiger partial charge on any atom is -0.507 e. The van der Waals surface area contributed by atoms with Crippen molar-refractivity contribution < 1.29 is 5.11 Å². The quantitative estimate of drug-likeness (QED) is 0.761. The molecular formula is C14H21NO. The molecule has 1 aliphatic heterocycles. The highest BCUT2D eigenvalue weighted by molar-refractivity contribution is 5.49. The summed E-state index contributed by atoms with van der Waals surface area (Å²) in [5.41, 5.74) is 4.77. The van der Waals surface area contributed by atoms with Crippen LogP contribution in [0.15, 0.2) is 6.07 Å². The Morgan fingerprint density at radius 2 is 1.75 bits per heavy atom. The van der Waals surface area contributed by atoms with Gasteiger partial charge < -0.3 is 10.4 Å². The van der Waals surface area contributed by atoms with E-state index in [1.807, 2.05) is 13.8 Å². The van der Waals surface area contributed by atoms with Crippen molar-refractivity contribution >= 4 is 0 Å². The van der Waals surface area contributed by atoms with Gasteiger partial charge in [0.1, 0.15) is 5.75 Å². The average Bonchev–Trinajstić information content (AvgIpc) is 2.32. The third kappa shape index (κ3) is 1.94. The second-order valence-electron chi connectivity index (χ2n) is 4.91. The van der Waals surface area contributed by atoms with Gasteiger partial charge in [-0.15, -0.1) is 0 Å². The predicted molar refractivity (Wildman–Crippen MR) is 67.2 cm³/mol. The number of rotatable bonds is 1. The Hall–Kier alpha value is -1.02. The zero-order valence-electron chi connectivity index (χ0n) is 10.4.